The van der Waals surface area contributed by atoms with Crippen molar-refractivity contribution in [2.45, 2.75) is 64.0 Å². The molecule has 0 heterocycles. The number of unbranched alkanes of at least 4 members (excludes halogenated alkanes) is 6. The number of nitrogens with one attached hydrogen (secondary N) is 1. The predicted octanol–water partition coefficient (Wildman–Crippen LogP) is 5.35. The Morgan fingerprint density at radius 2 is 1.43 bits per heavy atom. The number of amidine groups is 1. The monoisotopic (exact) mass is 334 g/mol. The third kappa shape index (κ3) is 9.92. The SMILES string of the molecule is F.N=C(N)c1ccccc1CCCCCCCCCC(F)(F)F. The molecular formula is C17H26F4N2. The van der Waals surface area contributed by atoms with E-state index in [2.05, 4.69) is 0 Å². The Hall–Kier alpha value is -1.59. The van der Waals surface area contributed by atoms with Gasteiger partial charge in [0.25, 0.3) is 0 Å². The molecule has 1 aromatic rings. The van der Waals surface area contributed by atoms with Crippen molar-refractivity contribution in [1.29, 1.82) is 5.41 Å². The van der Waals surface area contributed by atoms with Crippen LogP contribution in [0.15, 0.2) is 24.3 Å². The first-order chi connectivity index (χ1) is 10.4. The lowest BCUT2D eigenvalue weighted by molar-refractivity contribution is -0.135. The number of nitrogens with two attached hydrogens (primary N) is 1. The lowest BCUT2D eigenvalue weighted by Crippen LogP contribution is -2.13. The molecule has 1 rings (SSSR count). The van der Waals surface area contributed by atoms with Crippen LogP contribution in [0.2, 0.25) is 0 Å². The predicted molar refractivity (Wildman–Crippen MR) is 86.7 cm³/mol. The van der Waals surface area contributed by atoms with E-state index in [1.165, 1.54) is 0 Å². The number of benzene rings is 1. The van der Waals surface area contributed by atoms with E-state index >= 15 is 0 Å². The van der Waals surface area contributed by atoms with E-state index in [1.807, 2.05) is 24.3 Å². The summed E-state index contributed by atoms with van der Waals surface area (Å²) in [7, 11) is 0. The molecule has 0 aliphatic heterocycles. The molecule has 0 fully saturated rings. The van der Waals surface area contributed by atoms with E-state index in [-0.39, 0.29) is 17.0 Å². The molecule has 132 valence electrons. The second-order valence-electron chi connectivity index (χ2n) is 5.66. The van der Waals surface area contributed by atoms with Gasteiger partial charge in [-0.25, -0.2) is 0 Å². The van der Waals surface area contributed by atoms with Crippen LogP contribution in [0.3, 0.4) is 0 Å². The standard InChI is InChI=1S/C17H25F3N2.FH/c18-17(19,20)13-9-5-3-1-2-4-6-10-14-11-7-8-12-15(14)16(21)22;/h7-8,11-12H,1-6,9-10,13H2,(H3,21,22);1H. The van der Waals surface area contributed by atoms with Gasteiger partial charge in [0.2, 0.25) is 0 Å². The van der Waals surface area contributed by atoms with E-state index in [0.29, 0.717) is 6.42 Å². The van der Waals surface area contributed by atoms with Gasteiger partial charge in [-0.1, -0.05) is 56.4 Å². The molecule has 0 aliphatic carbocycles. The molecule has 23 heavy (non-hydrogen) atoms. The van der Waals surface area contributed by atoms with Crippen LogP contribution >= 0.6 is 0 Å². The van der Waals surface area contributed by atoms with Gasteiger partial charge < -0.3 is 5.73 Å². The summed E-state index contributed by atoms with van der Waals surface area (Å²) >= 11 is 0. The fourth-order valence-electron chi connectivity index (χ4n) is 2.53. The van der Waals surface area contributed by atoms with Gasteiger partial charge in [-0.3, -0.25) is 10.1 Å². The zero-order valence-corrected chi connectivity index (χ0v) is 13.3. The highest BCUT2D eigenvalue weighted by Gasteiger charge is 2.25. The summed E-state index contributed by atoms with van der Waals surface area (Å²) in [6.07, 6.45) is 2.13. The molecule has 0 radical (unpaired) electrons. The number of hydrogen-bond acceptors (Lipinski definition) is 1. The summed E-state index contributed by atoms with van der Waals surface area (Å²) in [5.74, 6) is 0.0975. The minimum Gasteiger partial charge on any atom is -0.384 e. The first-order valence-corrected chi connectivity index (χ1v) is 7.89. The summed E-state index contributed by atoms with van der Waals surface area (Å²) < 4.78 is 35.9. The van der Waals surface area contributed by atoms with Gasteiger partial charge in [0.1, 0.15) is 5.84 Å². The first-order valence-electron chi connectivity index (χ1n) is 7.89. The minimum absolute atomic E-state index is 0. The number of aryl methyl sites for hydroxylation is 1. The van der Waals surface area contributed by atoms with Crippen LogP contribution in [0.25, 0.3) is 0 Å². The number of hydrogen-bond donors (Lipinski definition) is 2. The highest BCUT2D eigenvalue weighted by Crippen LogP contribution is 2.23. The average Bonchev–Trinajstić information content (AvgIpc) is 2.44. The van der Waals surface area contributed by atoms with Crippen molar-refractivity contribution in [2.24, 2.45) is 5.73 Å². The van der Waals surface area contributed by atoms with Gasteiger partial charge in [-0.05, 0) is 24.8 Å². The van der Waals surface area contributed by atoms with Crippen LogP contribution in [0.5, 0.6) is 0 Å². The molecule has 0 aliphatic rings. The van der Waals surface area contributed by atoms with Gasteiger partial charge >= 0.3 is 6.18 Å². The molecule has 2 nitrogen and oxygen atoms in total. The van der Waals surface area contributed by atoms with E-state index in [0.717, 1.165) is 49.7 Å². The highest BCUT2D eigenvalue weighted by molar-refractivity contribution is 5.96. The molecule has 0 unspecified atom stereocenters. The molecule has 0 amide bonds. The molecule has 0 saturated carbocycles. The summed E-state index contributed by atoms with van der Waals surface area (Å²) in [5, 5.41) is 7.53. The quantitative estimate of drug-likeness (QED) is 0.258. The number of rotatable bonds is 10. The smallest absolute Gasteiger partial charge is 0.384 e. The van der Waals surface area contributed by atoms with Crippen LogP contribution in [0.1, 0.15) is 62.5 Å². The zero-order valence-electron chi connectivity index (χ0n) is 13.3. The van der Waals surface area contributed by atoms with Crippen molar-refractivity contribution in [3.63, 3.8) is 0 Å². The third-order valence-corrected chi connectivity index (χ3v) is 3.71. The van der Waals surface area contributed by atoms with E-state index in [1.54, 1.807) is 0 Å². The van der Waals surface area contributed by atoms with Gasteiger partial charge in [0, 0.05) is 12.0 Å². The minimum atomic E-state index is -4.01. The maximum atomic E-state index is 12.0. The lowest BCUT2D eigenvalue weighted by atomic mass is 9.99. The van der Waals surface area contributed by atoms with E-state index in [4.69, 9.17) is 11.1 Å². The van der Waals surface area contributed by atoms with E-state index < -0.39 is 12.6 Å². The van der Waals surface area contributed by atoms with Crippen molar-refractivity contribution >= 4 is 5.84 Å². The first kappa shape index (κ1) is 21.4. The van der Waals surface area contributed by atoms with Crippen LogP contribution in [0, 0.1) is 5.41 Å². The van der Waals surface area contributed by atoms with Crippen LogP contribution < -0.4 is 5.73 Å². The Labute approximate surface area is 135 Å². The van der Waals surface area contributed by atoms with Gasteiger partial charge in [0.15, 0.2) is 0 Å². The van der Waals surface area contributed by atoms with Crippen molar-refractivity contribution in [2.75, 3.05) is 0 Å². The second-order valence-corrected chi connectivity index (χ2v) is 5.66. The number of alkyl halides is 3. The number of halogens is 4. The summed E-state index contributed by atoms with van der Waals surface area (Å²) in [6, 6.07) is 7.68. The van der Waals surface area contributed by atoms with Crippen molar-refractivity contribution < 1.29 is 17.9 Å². The largest absolute Gasteiger partial charge is 0.389 e. The number of nitrogen functional groups attached to an aromatic ring is 1. The van der Waals surface area contributed by atoms with E-state index in [9.17, 15) is 13.2 Å². The maximum absolute atomic E-state index is 12.0. The molecule has 3 N–H and O–H groups in total. The Balaban J connectivity index is 0.00000484. The molecule has 1 aromatic carbocycles. The zero-order chi connectivity index (χ0) is 16.4. The molecular weight excluding hydrogens is 308 g/mol. The third-order valence-electron chi connectivity index (χ3n) is 3.71. The highest BCUT2D eigenvalue weighted by atomic mass is 19.4. The Kier molecular flexibility index (Phi) is 10.3. The van der Waals surface area contributed by atoms with Crippen LogP contribution in [-0.4, -0.2) is 12.0 Å². The molecule has 0 atom stereocenters. The van der Waals surface area contributed by atoms with Gasteiger partial charge in [0.05, 0.1) is 0 Å². The van der Waals surface area contributed by atoms with Crippen molar-refractivity contribution in [1.82, 2.24) is 0 Å². The van der Waals surface area contributed by atoms with Gasteiger partial charge in [-0.2, -0.15) is 13.2 Å². The summed E-state index contributed by atoms with van der Waals surface area (Å²) in [4.78, 5) is 0. The van der Waals surface area contributed by atoms with Crippen LogP contribution in [0.4, 0.5) is 17.9 Å². The fourth-order valence-corrected chi connectivity index (χ4v) is 2.53. The Bertz CT molecular complexity index is 458. The van der Waals surface area contributed by atoms with Gasteiger partial charge in [-0.15, -0.1) is 0 Å². The van der Waals surface area contributed by atoms with Crippen LogP contribution in [-0.2, 0) is 6.42 Å². The Morgan fingerprint density at radius 1 is 0.913 bits per heavy atom. The van der Waals surface area contributed by atoms with Crippen molar-refractivity contribution in [3.05, 3.63) is 35.4 Å². The molecule has 0 spiro atoms. The molecule has 0 aromatic heterocycles. The normalized spacial score (nSPS) is 11.1. The van der Waals surface area contributed by atoms with Crippen molar-refractivity contribution in [3.8, 4) is 0 Å². The average molecular weight is 334 g/mol. The Morgan fingerprint density at radius 3 is 2.00 bits per heavy atom. The summed E-state index contributed by atoms with van der Waals surface area (Å²) in [6.45, 7) is 0. The second kappa shape index (κ2) is 11.0. The lowest BCUT2D eigenvalue weighted by Gasteiger charge is -2.08. The summed E-state index contributed by atoms with van der Waals surface area (Å²) in [5.41, 5.74) is 7.44. The maximum Gasteiger partial charge on any atom is 0.389 e. The molecule has 0 bridgehead atoms. The molecule has 0 saturated heterocycles. The fraction of sp³-hybridized carbons (Fsp3) is 0.588. The topological polar surface area (TPSA) is 49.9 Å². The molecule has 6 heteroatoms.